The molecule has 0 radical (unpaired) electrons. The lowest BCUT2D eigenvalue weighted by Gasteiger charge is -2.22. The molecule has 7 heteroatoms. The molecule has 0 aromatic carbocycles. The second kappa shape index (κ2) is 9.64. The summed E-state index contributed by atoms with van der Waals surface area (Å²) in [5.74, 6) is -6.34. The Balaban J connectivity index is 1.97. The lowest BCUT2D eigenvalue weighted by Crippen LogP contribution is -2.32. The highest BCUT2D eigenvalue weighted by Gasteiger charge is 2.63. The third kappa shape index (κ3) is 5.51. The van der Waals surface area contributed by atoms with Gasteiger partial charge in [0.25, 0.3) is 0 Å². The van der Waals surface area contributed by atoms with Gasteiger partial charge in [-0.15, -0.1) is 0 Å². The number of halogens is 2. The zero-order chi connectivity index (χ0) is 20.0. The maximum absolute atomic E-state index is 14.8. The molecule has 1 saturated carbocycles. The summed E-state index contributed by atoms with van der Waals surface area (Å²) in [5.41, 5.74) is 0. The third-order valence-electron chi connectivity index (χ3n) is 5.33. The summed E-state index contributed by atoms with van der Waals surface area (Å²) in [6.07, 6.45) is 6.01. The molecular weight excluding hydrogens is 358 g/mol. The average molecular weight is 388 g/mol. The third-order valence-corrected chi connectivity index (χ3v) is 5.33. The van der Waals surface area contributed by atoms with Crippen molar-refractivity contribution in [2.45, 2.75) is 82.5 Å². The summed E-state index contributed by atoms with van der Waals surface area (Å²) >= 11 is 0. The monoisotopic (exact) mass is 388 g/mol. The van der Waals surface area contributed by atoms with Gasteiger partial charge >= 0.3 is 11.9 Å². The van der Waals surface area contributed by atoms with Crippen LogP contribution >= 0.6 is 0 Å². The molecule has 0 spiro atoms. The molecule has 0 aromatic heterocycles. The van der Waals surface area contributed by atoms with E-state index in [2.05, 4.69) is 0 Å². The minimum absolute atomic E-state index is 0.0732. The van der Waals surface area contributed by atoms with E-state index in [-0.39, 0.29) is 25.7 Å². The minimum Gasteiger partial charge on any atom is -0.488 e. The Kier molecular flexibility index (Phi) is 7.79. The predicted molar refractivity (Wildman–Crippen MR) is 96.3 cm³/mol. The number of carbonyl (C=O) groups is 1. The Labute approximate surface area is 158 Å². The first-order valence-corrected chi connectivity index (χ1v) is 9.77. The van der Waals surface area contributed by atoms with E-state index in [0.29, 0.717) is 19.3 Å². The van der Waals surface area contributed by atoms with Crippen molar-refractivity contribution in [1.82, 2.24) is 0 Å². The molecule has 5 atom stereocenters. The number of hydrogen-bond acceptors (Lipinski definition) is 4. The Morgan fingerprint density at radius 1 is 1.37 bits per heavy atom. The smallest absolute Gasteiger partial charge is 0.310 e. The van der Waals surface area contributed by atoms with E-state index >= 15 is 0 Å². The van der Waals surface area contributed by atoms with E-state index in [0.717, 1.165) is 6.42 Å². The Morgan fingerprint density at radius 3 is 2.78 bits per heavy atom. The average Bonchev–Trinajstić information content (AvgIpc) is 3.02. The standard InChI is InChI=1S/C20H30F2O5/c1-2-7-13(23)8-3-4-9-14-15(24)12-16-19(14)20(21,22)17(27-16)10-5-6-11-18(25)26/h4,9-10,13-16,19,23-24H,2-3,5-8,11-12H2,1H3,(H,25,26)/b9-4+,17-10-/t13-,14-,15+,16-,19+/m0/s1. The van der Waals surface area contributed by atoms with Crippen LogP contribution in [0.2, 0.25) is 0 Å². The number of ether oxygens (including phenoxy) is 1. The van der Waals surface area contributed by atoms with Crippen LogP contribution in [0.25, 0.3) is 0 Å². The fourth-order valence-electron chi connectivity index (χ4n) is 3.97. The quantitative estimate of drug-likeness (QED) is 0.393. The maximum Gasteiger partial charge on any atom is 0.310 e. The van der Waals surface area contributed by atoms with Crippen molar-refractivity contribution < 1.29 is 33.6 Å². The highest BCUT2D eigenvalue weighted by atomic mass is 19.3. The van der Waals surface area contributed by atoms with Crippen molar-refractivity contribution in [1.29, 1.82) is 0 Å². The summed E-state index contributed by atoms with van der Waals surface area (Å²) in [6, 6.07) is 0. The van der Waals surface area contributed by atoms with E-state index in [1.54, 1.807) is 12.2 Å². The van der Waals surface area contributed by atoms with Crippen LogP contribution in [0.5, 0.6) is 0 Å². The van der Waals surface area contributed by atoms with E-state index in [1.165, 1.54) is 6.08 Å². The molecule has 3 N–H and O–H groups in total. The maximum atomic E-state index is 14.8. The Morgan fingerprint density at radius 2 is 2.11 bits per heavy atom. The van der Waals surface area contributed by atoms with Gasteiger partial charge in [-0.1, -0.05) is 25.5 Å². The van der Waals surface area contributed by atoms with Crippen LogP contribution in [0.15, 0.2) is 24.0 Å². The number of allylic oxidation sites excluding steroid dienone is 3. The number of fused-ring (bicyclic) bond motifs is 1. The van der Waals surface area contributed by atoms with Crippen molar-refractivity contribution >= 4 is 5.97 Å². The number of hydrogen-bond donors (Lipinski definition) is 3. The molecule has 2 rings (SSSR count). The van der Waals surface area contributed by atoms with Crippen molar-refractivity contribution in [2.75, 3.05) is 0 Å². The molecule has 0 amide bonds. The largest absolute Gasteiger partial charge is 0.488 e. The van der Waals surface area contributed by atoms with Crippen molar-refractivity contribution in [2.24, 2.45) is 11.8 Å². The van der Waals surface area contributed by atoms with Crippen molar-refractivity contribution in [3.05, 3.63) is 24.0 Å². The molecule has 154 valence electrons. The number of aliphatic hydroxyl groups is 2. The first-order chi connectivity index (χ1) is 12.8. The SMILES string of the molecule is CCC[C@H](O)CC/C=C/[C@@H]1[C@@H]2[C@H](C[C@H]1O)O/C(=C\CCCC(=O)O)C2(F)F. The molecule has 27 heavy (non-hydrogen) atoms. The number of alkyl halides is 2. The van der Waals surface area contributed by atoms with Gasteiger partial charge in [-0.3, -0.25) is 4.79 Å². The highest BCUT2D eigenvalue weighted by Crippen LogP contribution is 2.54. The van der Waals surface area contributed by atoms with Crippen LogP contribution in [-0.4, -0.2) is 45.5 Å². The van der Waals surface area contributed by atoms with Crippen LogP contribution in [0, 0.1) is 11.8 Å². The second-order valence-electron chi connectivity index (χ2n) is 7.49. The topological polar surface area (TPSA) is 87.0 Å². The van der Waals surface area contributed by atoms with Crippen molar-refractivity contribution in [3.8, 4) is 0 Å². The molecular formula is C20H30F2O5. The summed E-state index contributed by atoms with van der Waals surface area (Å²) in [6.45, 7) is 1.99. The van der Waals surface area contributed by atoms with Crippen LogP contribution in [0.4, 0.5) is 8.78 Å². The minimum atomic E-state index is -3.18. The molecule has 2 aliphatic rings. The van der Waals surface area contributed by atoms with E-state index in [9.17, 15) is 23.8 Å². The Bertz CT molecular complexity index is 561. The van der Waals surface area contributed by atoms with Crippen LogP contribution in [0.3, 0.4) is 0 Å². The number of unbranched alkanes of at least 4 members (excludes halogenated alkanes) is 1. The number of aliphatic carboxylic acids is 1. The van der Waals surface area contributed by atoms with E-state index in [4.69, 9.17) is 9.84 Å². The summed E-state index contributed by atoms with van der Waals surface area (Å²) in [4.78, 5) is 10.5. The van der Waals surface area contributed by atoms with Gasteiger partial charge in [-0.05, 0) is 38.2 Å². The zero-order valence-corrected chi connectivity index (χ0v) is 15.7. The van der Waals surface area contributed by atoms with Gasteiger partial charge in [0.15, 0.2) is 5.76 Å². The predicted octanol–water partition coefficient (Wildman–Crippen LogP) is 3.65. The van der Waals surface area contributed by atoms with Crippen LogP contribution < -0.4 is 0 Å². The van der Waals surface area contributed by atoms with Crippen molar-refractivity contribution in [3.63, 3.8) is 0 Å². The lowest BCUT2D eigenvalue weighted by atomic mass is 9.88. The van der Waals surface area contributed by atoms with E-state index in [1.807, 2.05) is 6.92 Å². The number of carboxylic acid groups (broad SMARTS) is 1. The first-order valence-electron chi connectivity index (χ1n) is 9.77. The van der Waals surface area contributed by atoms with Gasteiger partial charge in [0.05, 0.1) is 18.1 Å². The molecule has 1 aliphatic carbocycles. The molecule has 0 unspecified atom stereocenters. The summed E-state index contributed by atoms with van der Waals surface area (Å²) in [7, 11) is 0. The first kappa shape index (κ1) is 21.8. The second-order valence-corrected chi connectivity index (χ2v) is 7.49. The molecule has 1 aliphatic heterocycles. The fourth-order valence-corrected chi connectivity index (χ4v) is 3.97. The molecule has 5 nitrogen and oxygen atoms in total. The Hall–Kier alpha value is -1.47. The summed E-state index contributed by atoms with van der Waals surface area (Å²) in [5, 5.41) is 28.5. The fraction of sp³-hybridized carbons (Fsp3) is 0.750. The van der Waals surface area contributed by atoms with Gasteiger partial charge in [-0.2, -0.15) is 8.78 Å². The number of carboxylic acids is 1. The van der Waals surface area contributed by atoms with Crippen LogP contribution in [-0.2, 0) is 9.53 Å². The van der Waals surface area contributed by atoms with E-state index < -0.39 is 47.8 Å². The number of rotatable bonds is 10. The normalized spacial score (nSPS) is 32.0. The number of aliphatic hydroxyl groups excluding tert-OH is 2. The van der Waals surface area contributed by atoms with Gasteiger partial charge in [0.2, 0.25) is 0 Å². The van der Waals surface area contributed by atoms with Gasteiger partial charge in [-0.25, -0.2) is 0 Å². The lowest BCUT2D eigenvalue weighted by molar-refractivity contribution is -0.137. The van der Waals surface area contributed by atoms with Gasteiger partial charge in [0.1, 0.15) is 6.10 Å². The highest BCUT2D eigenvalue weighted by molar-refractivity contribution is 5.66. The molecule has 2 fully saturated rings. The van der Waals surface area contributed by atoms with Crippen LogP contribution in [0.1, 0.15) is 58.3 Å². The van der Waals surface area contributed by atoms with Gasteiger partial charge < -0.3 is 20.1 Å². The zero-order valence-electron chi connectivity index (χ0n) is 15.7. The molecule has 0 bridgehead atoms. The molecule has 1 saturated heterocycles. The summed E-state index contributed by atoms with van der Waals surface area (Å²) < 4.78 is 35.0. The van der Waals surface area contributed by atoms with Gasteiger partial charge in [0, 0.05) is 18.8 Å². The molecule has 1 heterocycles. The molecule has 0 aromatic rings.